The van der Waals surface area contributed by atoms with Gasteiger partial charge in [-0.25, -0.2) is 4.98 Å². The number of carbonyl (C=O) groups is 1. The number of thiazole rings is 1. The summed E-state index contributed by atoms with van der Waals surface area (Å²) in [4.78, 5) is 17.6. The highest BCUT2D eigenvalue weighted by molar-refractivity contribution is 7.15. The van der Waals surface area contributed by atoms with E-state index >= 15 is 0 Å². The third-order valence-electron chi connectivity index (χ3n) is 4.72. The molecule has 0 spiro atoms. The van der Waals surface area contributed by atoms with Gasteiger partial charge in [0.25, 0.3) is 5.91 Å². The first kappa shape index (κ1) is 22.1. The van der Waals surface area contributed by atoms with Crippen LogP contribution in [0.4, 0.5) is 18.3 Å². The number of nitrogens with zero attached hydrogens (tertiary/aromatic N) is 1. The second kappa shape index (κ2) is 8.80. The van der Waals surface area contributed by atoms with Crippen molar-refractivity contribution in [2.45, 2.75) is 19.5 Å². The van der Waals surface area contributed by atoms with Gasteiger partial charge in [-0.15, -0.1) is 11.3 Å². The van der Waals surface area contributed by atoms with Crippen molar-refractivity contribution in [2.75, 3.05) is 5.32 Å². The summed E-state index contributed by atoms with van der Waals surface area (Å²) in [5.74, 6) is -0.752. The van der Waals surface area contributed by atoms with Crippen molar-refractivity contribution < 1.29 is 22.4 Å². The van der Waals surface area contributed by atoms with E-state index < -0.39 is 17.6 Å². The number of alkyl halides is 3. The zero-order valence-corrected chi connectivity index (χ0v) is 18.2. The number of furan rings is 1. The highest BCUT2D eigenvalue weighted by atomic mass is 35.5. The maximum Gasteiger partial charge on any atom is 0.417 e. The molecule has 0 aliphatic heterocycles. The minimum Gasteiger partial charge on any atom is -0.451 e. The molecule has 0 aliphatic rings. The Labute approximate surface area is 190 Å². The van der Waals surface area contributed by atoms with Crippen LogP contribution in [0.15, 0.2) is 65.2 Å². The summed E-state index contributed by atoms with van der Waals surface area (Å²) < 4.78 is 45.2. The van der Waals surface area contributed by atoms with Crippen molar-refractivity contribution in [3.05, 3.63) is 93.1 Å². The van der Waals surface area contributed by atoms with Gasteiger partial charge < -0.3 is 4.42 Å². The fraction of sp³-hybridized carbons (Fsp3) is 0.130. The number of hydrogen-bond donors (Lipinski definition) is 1. The maximum absolute atomic E-state index is 13.3. The van der Waals surface area contributed by atoms with E-state index in [9.17, 15) is 18.0 Å². The number of hydrogen-bond acceptors (Lipinski definition) is 4. The lowest BCUT2D eigenvalue weighted by Gasteiger charge is -2.10. The molecule has 4 rings (SSSR count). The lowest BCUT2D eigenvalue weighted by atomic mass is 10.1. The summed E-state index contributed by atoms with van der Waals surface area (Å²) in [7, 11) is 0. The molecule has 2 heterocycles. The molecular formula is C23H16ClF3N2O2S. The minimum atomic E-state index is -4.54. The van der Waals surface area contributed by atoms with E-state index in [1.807, 2.05) is 25.1 Å². The van der Waals surface area contributed by atoms with Gasteiger partial charge >= 0.3 is 6.18 Å². The van der Waals surface area contributed by atoms with Crippen LogP contribution in [0.3, 0.4) is 0 Å². The predicted octanol–water partition coefficient (Wildman–Crippen LogP) is 7.23. The van der Waals surface area contributed by atoms with Crippen molar-refractivity contribution in [3.8, 4) is 11.3 Å². The van der Waals surface area contributed by atoms with E-state index in [0.717, 1.165) is 22.1 Å². The second-order valence-electron chi connectivity index (χ2n) is 7.05. The van der Waals surface area contributed by atoms with Crippen LogP contribution in [-0.4, -0.2) is 10.9 Å². The molecule has 0 bridgehead atoms. The predicted molar refractivity (Wildman–Crippen MR) is 118 cm³/mol. The zero-order chi connectivity index (χ0) is 22.9. The molecule has 2 aromatic heterocycles. The van der Waals surface area contributed by atoms with E-state index in [1.165, 1.54) is 41.7 Å². The monoisotopic (exact) mass is 476 g/mol. The fourth-order valence-electron chi connectivity index (χ4n) is 3.10. The van der Waals surface area contributed by atoms with Gasteiger partial charge in [0.2, 0.25) is 0 Å². The van der Waals surface area contributed by atoms with E-state index in [2.05, 4.69) is 10.3 Å². The first-order chi connectivity index (χ1) is 15.2. The quantitative estimate of drug-likeness (QED) is 0.330. The van der Waals surface area contributed by atoms with Crippen molar-refractivity contribution in [2.24, 2.45) is 0 Å². The molecule has 1 N–H and O–H groups in total. The zero-order valence-electron chi connectivity index (χ0n) is 16.7. The van der Waals surface area contributed by atoms with Crippen LogP contribution in [0.5, 0.6) is 0 Å². The molecule has 4 nitrogen and oxygen atoms in total. The summed E-state index contributed by atoms with van der Waals surface area (Å²) >= 11 is 7.45. The molecule has 0 saturated heterocycles. The van der Waals surface area contributed by atoms with E-state index in [0.29, 0.717) is 16.6 Å². The molecule has 0 radical (unpaired) electrons. The van der Waals surface area contributed by atoms with Crippen LogP contribution < -0.4 is 5.32 Å². The Morgan fingerprint density at radius 2 is 1.94 bits per heavy atom. The summed E-state index contributed by atoms with van der Waals surface area (Å²) in [6.45, 7) is 1.92. The molecule has 0 atom stereocenters. The number of anilines is 1. The van der Waals surface area contributed by atoms with Crippen LogP contribution in [-0.2, 0) is 12.6 Å². The third kappa shape index (κ3) is 4.87. The average Bonchev–Trinajstić information content (AvgIpc) is 3.40. The number of aromatic nitrogens is 1. The lowest BCUT2D eigenvalue weighted by molar-refractivity contribution is -0.137. The summed E-state index contributed by atoms with van der Waals surface area (Å²) in [6, 6.07) is 13.5. The molecule has 4 aromatic rings. The van der Waals surface area contributed by atoms with Gasteiger partial charge in [-0.1, -0.05) is 41.9 Å². The SMILES string of the molecule is Cc1ccc(Cc2cnc(NC(=O)c3ccc(-c4ccccc4C(F)(F)F)o3)s2)cc1Cl. The largest absolute Gasteiger partial charge is 0.451 e. The molecule has 2 aromatic carbocycles. The Morgan fingerprint density at radius 1 is 1.16 bits per heavy atom. The van der Waals surface area contributed by atoms with Gasteiger partial charge in [0.05, 0.1) is 5.56 Å². The Bertz CT molecular complexity index is 1280. The Kier molecular flexibility index (Phi) is 6.08. The van der Waals surface area contributed by atoms with Crippen LogP contribution in [0.2, 0.25) is 5.02 Å². The number of amides is 1. The maximum atomic E-state index is 13.3. The summed E-state index contributed by atoms with van der Waals surface area (Å²) in [6.07, 6.45) is -2.28. The highest BCUT2D eigenvalue weighted by Gasteiger charge is 2.34. The highest BCUT2D eigenvalue weighted by Crippen LogP contribution is 2.37. The topological polar surface area (TPSA) is 55.1 Å². The van der Waals surface area contributed by atoms with Crippen molar-refractivity contribution in [3.63, 3.8) is 0 Å². The Balaban J connectivity index is 1.47. The van der Waals surface area contributed by atoms with Crippen molar-refractivity contribution >= 4 is 34.0 Å². The van der Waals surface area contributed by atoms with Gasteiger partial charge in [-0.2, -0.15) is 13.2 Å². The molecule has 9 heteroatoms. The van der Waals surface area contributed by atoms with Gasteiger partial charge in [-0.05, 0) is 42.3 Å². The van der Waals surface area contributed by atoms with Crippen molar-refractivity contribution in [1.29, 1.82) is 0 Å². The summed E-state index contributed by atoms with van der Waals surface area (Å²) in [5, 5.41) is 3.66. The van der Waals surface area contributed by atoms with Crippen LogP contribution in [0.1, 0.15) is 32.1 Å². The first-order valence-corrected chi connectivity index (χ1v) is 10.7. The van der Waals surface area contributed by atoms with Gasteiger partial charge in [0, 0.05) is 28.1 Å². The normalized spacial score (nSPS) is 11.5. The molecule has 32 heavy (non-hydrogen) atoms. The number of aryl methyl sites for hydroxylation is 1. The smallest absolute Gasteiger partial charge is 0.417 e. The Hall–Kier alpha value is -3.10. The molecule has 164 valence electrons. The number of nitrogens with one attached hydrogen (secondary N) is 1. The number of rotatable bonds is 5. The molecular weight excluding hydrogens is 461 g/mol. The first-order valence-electron chi connectivity index (χ1n) is 9.48. The van der Waals surface area contributed by atoms with Crippen LogP contribution in [0, 0.1) is 6.92 Å². The molecule has 1 amide bonds. The van der Waals surface area contributed by atoms with Crippen LogP contribution in [0.25, 0.3) is 11.3 Å². The molecule has 0 fully saturated rings. The second-order valence-corrected chi connectivity index (χ2v) is 8.58. The molecule has 0 unspecified atom stereocenters. The number of carbonyl (C=O) groups excluding carboxylic acids is 1. The van der Waals surface area contributed by atoms with Gasteiger partial charge in [0.15, 0.2) is 10.9 Å². The Morgan fingerprint density at radius 3 is 2.69 bits per heavy atom. The third-order valence-corrected chi connectivity index (χ3v) is 6.04. The number of halogens is 4. The van der Waals surface area contributed by atoms with E-state index in [4.69, 9.17) is 16.0 Å². The lowest BCUT2D eigenvalue weighted by Crippen LogP contribution is -2.10. The number of benzene rings is 2. The van der Waals surface area contributed by atoms with Gasteiger partial charge in [-0.3, -0.25) is 10.1 Å². The van der Waals surface area contributed by atoms with E-state index in [-0.39, 0.29) is 17.1 Å². The molecule has 0 saturated carbocycles. The standard InChI is InChI=1S/C23H16ClF3N2O2S/c1-13-6-7-14(11-18(13)24)10-15-12-28-22(32-15)29-21(30)20-9-8-19(31-20)16-4-2-3-5-17(16)23(25,26)27/h2-9,11-12H,10H2,1H3,(H,28,29,30). The van der Waals surface area contributed by atoms with Crippen molar-refractivity contribution in [1.82, 2.24) is 4.98 Å². The summed E-state index contributed by atoms with van der Waals surface area (Å²) in [5.41, 5.74) is 1.04. The molecule has 0 aliphatic carbocycles. The minimum absolute atomic E-state index is 0.0425. The van der Waals surface area contributed by atoms with Crippen LogP contribution >= 0.6 is 22.9 Å². The average molecular weight is 477 g/mol. The fourth-order valence-corrected chi connectivity index (χ4v) is 4.15. The van der Waals surface area contributed by atoms with E-state index in [1.54, 1.807) is 6.20 Å². The van der Waals surface area contributed by atoms with Gasteiger partial charge in [0.1, 0.15) is 5.76 Å².